The van der Waals surface area contributed by atoms with Crippen LogP contribution in [0.25, 0.3) is 0 Å². The van der Waals surface area contributed by atoms with Crippen molar-refractivity contribution in [2.24, 2.45) is 0 Å². The predicted octanol–water partition coefficient (Wildman–Crippen LogP) is 3.17. The van der Waals surface area contributed by atoms with Crippen LogP contribution in [0.2, 0.25) is 0 Å². The van der Waals surface area contributed by atoms with E-state index in [1.165, 1.54) is 5.56 Å². The molecule has 28 heavy (non-hydrogen) atoms. The molecule has 2 saturated heterocycles. The van der Waals surface area contributed by atoms with Gasteiger partial charge in [-0.1, -0.05) is 60.7 Å². The van der Waals surface area contributed by atoms with E-state index in [2.05, 4.69) is 40.1 Å². The van der Waals surface area contributed by atoms with Crippen LogP contribution in [-0.2, 0) is 22.4 Å². The molecule has 1 spiro atoms. The molecule has 4 rings (SSSR count). The van der Waals surface area contributed by atoms with Gasteiger partial charge in [-0.05, 0) is 30.4 Å². The van der Waals surface area contributed by atoms with Gasteiger partial charge in [-0.15, -0.1) is 0 Å². The highest BCUT2D eigenvalue weighted by atomic mass is 16.5. The first kappa shape index (κ1) is 19.2. The number of ether oxygens (including phenoxy) is 1. The van der Waals surface area contributed by atoms with E-state index in [4.69, 9.17) is 4.74 Å². The van der Waals surface area contributed by atoms with E-state index in [9.17, 15) is 4.79 Å². The van der Waals surface area contributed by atoms with E-state index in [1.54, 1.807) is 0 Å². The highest BCUT2D eigenvalue weighted by molar-refractivity contribution is 5.79. The summed E-state index contributed by atoms with van der Waals surface area (Å²) in [6, 6.07) is 20.8. The van der Waals surface area contributed by atoms with Gasteiger partial charge in [-0.25, -0.2) is 0 Å². The predicted molar refractivity (Wildman–Crippen MR) is 111 cm³/mol. The second kappa shape index (κ2) is 8.89. The summed E-state index contributed by atoms with van der Waals surface area (Å²) in [6.45, 7) is 5.20. The molecule has 4 heteroatoms. The van der Waals surface area contributed by atoms with Crippen molar-refractivity contribution in [3.8, 4) is 0 Å². The number of hydrogen-bond donors (Lipinski definition) is 0. The molecule has 0 unspecified atom stereocenters. The molecule has 0 bridgehead atoms. The number of hydrogen-bond acceptors (Lipinski definition) is 3. The van der Waals surface area contributed by atoms with E-state index >= 15 is 0 Å². The first-order chi connectivity index (χ1) is 13.8. The Morgan fingerprint density at radius 1 is 0.893 bits per heavy atom. The topological polar surface area (TPSA) is 32.8 Å². The minimum Gasteiger partial charge on any atom is -0.377 e. The zero-order chi connectivity index (χ0) is 19.2. The van der Waals surface area contributed by atoms with Gasteiger partial charge in [-0.2, -0.15) is 0 Å². The van der Waals surface area contributed by atoms with Crippen LogP contribution in [-0.4, -0.2) is 60.6 Å². The van der Waals surface area contributed by atoms with Crippen molar-refractivity contribution in [2.75, 3.05) is 39.4 Å². The summed E-state index contributed by atoms with van der Waals surface area (Å²) >= 11 is 0. The third-order valence-electron chi connectivity index (χ3n) is 6.25. The van der Waals surface area contributed by atoms with Crippen LogP contribution in [0.15, 0.2) is 60.7 Å². The van der Waals surface area contributed by atoms with Gasteiger partial charge >= 0.3 is 0 Å². The van der Waals surface area contributed by atoms with Crippen molar-refractivity contribution in [3.05, 3.63) is 71.8 Å². The van der Waals surface area contributed by atoms with Crippen molar-refractivity contribution in [1.29, 1.82) is 0 Å². The molecule has 0 N–H and O–H groups in total. The second-order valence-corrected chi connectivity index (χ2v) is 8.06. The smallest absolute Gasteiger partial charge is 0.227 e. The summed E-state index contributed by atoms with van der Waals surface area (Å²) in [4.78, 5) is 17.8. The number of piperidine rings is 1. The molecule has 148 valence electrons. The summed E-state index contributed by atoms with van der Waals surface area (Å²) in [5, 5.41) is 0. The van der Waals surface area contributed by atoms with Gasteiger partial charge in [0.2, 0.25) is 5.91 Å². The molecule has 2 aliphatic heterocycles. The van der Waals surface area contributed by atoms with E-state index in [-0.39, 0.29) is 11.4 Å². The molecule has 2 heterocycles. The molecule has 0 aromatic heterocycles. The minimum absolute atomic E-state index is 0.118. The maximum Gasteiger partial charge on any atom is 0.227 e. The number of nitrogens with zero attached hydrogens (tertiary/aromatic N) is 2. The fraction of sp³-hybridized carbons (Fsp3) is 0.458. The van der Waals surface area contributed by atoms with Crippen LogP contribution in [0.3, 0.4) is 0 Å². The quantitative estimate of drug-likeness (QED) is 0.801. The largest absolute Gasteiger partial charge is 0.377 e. The Labute approximate surface area is 168 Å². The number of morpholine rings is 1. The fourth-order valence-corrected chi connectivity index (χ4v) is 4.53. The van der Waals surface area contributed by atoms with E-state index in [0.29, 0.717) is 19.6 Å². The molecule has 0 aliphatic carbocycles. The van der Waals surface area contributed by atoms with Crippen molar-refractivity contribution in [3.63, 3.8) is 0 Å². The van der Waals surface area contributed by atoms with E-state index in [0.717, 1.165) is 51.0 Å². The number of benzene rings is 2. The van der Waals surface area contributed by atoms with Crippen LogP contribution >= 0.6 is 0 Å². The average molecular weight is 379 g/mol. The molecular formula is C24H30N2O2. The van der Waals surface area contributed by atoms with E-state index < -0.39 is 0 Å². The Bertz CT molecular complexity index is 755. The lowest BCUT2D eigenvalue weighted by Crippen LogP contribution is -2.63. The lowest BCUT2D eigenvalue weighted by atomic mass is 9.84. The summed E-state index contributed by atoms with van der Waals surface area (Å²) in [7, 11) is 0. The SMILES string of the molecule is O=C(Cc1ccccc1)N1CCOCC12CCN(CCc1ccccc1)CC2. The molecule has 2 aliphatic rings. The minimum atomic E-state index is -0.118. The average Bonchev–Trinajstić information content (AvgIpc) is 2.75. The number of rotatable bonds is 5. The van der Waals surface area contributed by atoms with Gasteiger partial charge in [0.15, 0.2) is 0 Å². The van der Waals surface area contributed by atoms with Crippen LogP contribution in [0.4, 0.5) is 0 Å². The van der Waals surface area contributed by atoms with E-state index in [1.807, 2.05) is 30.3 Å². The zero-order valence-corrected chi connectivity index (χ0v) is 16.6. The Balaban J connectivity index is 1.35. The third kappa shape index (κ3) is 4.45. The second-order valence-electron chi connectivity index (χ2n) is 8.06. The van der Waals surface area contributed by atoms with Gasteiger partial charge in [0.25, 0.3) is 0 Å². The Hall–Kier alpha value is -2.17. The highest BCUT2D eigenvalue weighted by Gasteiger charge is 2.44. The maximum atomic E-state index is 13.1. The summed E-state index contributed by atoms with van der Waals surface area (Å²) in [5.74, 6) is 0.243. The number of likely N-dealkylation sites (tertiary alicyclic amines) is 1. The van der Waals surface area contributed by atoms with Gasteiger partial charge in [-0.3, -0.25) is 4.79 Å². The van der Waals surface area contributed by atoms with Crippen molar-refractivity contribution < 1.29 is 9.53 Å². The van der Waals surface area contributed by atoms with Crippen molar-refractivity contribution >= 4 is 5.91 Å². The third-order valence-corrected chi connectivity index (χ3v) is 6.25. The summed E-state index contributed by atoms with van der Waals surface area (Å²) in [5.41, 5.74) is 2.37. The van der Waals surface area contributed by atoms with Crippen LogP contribution in [0, 0.1) is 0 Å². The first-order valence-corrected chi connectivity index (χ1v) is 10.4. The molecule has 0 saturated carbocycles. The fourth-order valence-electron chi connectivity index (χ4n) is 4.53. The summed E-state index contributed by atoms with van der Waals surface area (Å²) < 4.78 is 5.85. The molecule has 0 atom stereocenters. The Morgan fingerprint density at radius 3 is 2.21 bits per heavy atom. The molecular weight excluding hydrogens is 348 g/mol. The lowest BCUT2D eigenvalue weighted by molar-refractivity contribution is -0.153. The molecule has 2 aromatic carbocycles. The highest BCUT2D eigenvalue weighted by Crippen LogP contribution is 2.32. The number of carbonyl (C=O) groups excluding carboxylic acids is 1. The van der Waals surface area contributed by atoms with Gasteiger partial charge in [0.1, 0.15) is 0 Å². The monoisotopic (exact) mass is 378 g/mol. The van der Waals surface area contributed by atoms with Gasteiger partial charge in [0.05, 0.1) is 25.2 Å². The Morgan fingerprint density at radius 2 is 1.54 bits per heavy atom. The molecule has 2 fully saturated rings. The molecule has 1 amide bonds. The zero-order valence-electron chi connectivity index (χ0n) is 16.6. The van der Waals surface area contributed by atoms with Crippen LogP contribution in [0.1, 0.15) is 24.0 Å². The number of carbonyl (C=O) groups is 1. The molecule has 4 nitrogen and oxygen atoms in total. The normalized spacial score (nSPS) is 19.6. The standard InChI is InChI=1S/C24H30N2O2/c27-23(19-22-9-5-2-6-10-22)26-17-18-28-20-24(26)12-15-25(16-13-24)14-11-21-7-3-1-4-8-21/h1-10H,11-20H2. The maximum absolute atomic E-state index is 13.1. The van der Waals surface area contributed by atoms with Gasteiger partial charge in [0, 0.05) is 26.2 Å². The van der Waals surface area contributed by atoms with Crippen molar-refractivity contribution in [1.82, 2.24) is 9.80 Å². The van der Waals surface area contributed by atoms with Crippen LogP contribution < -0.4 is 0 Å². The van der Waals surface area contributed by atoms with Gasteiger partial charge < -0.3 is 14.5 Å². The first-order valence-electron chi connectivity index (χ1n) is 10.4. The van der Waals surface area contributed by atoms with Crippen LogP contribution in [0.5, 0.6) is 0 Å². The molecule has 2 aromatic rings. The van der Waals surface area contributed by atoms with Crippen molar-refractivity contribution in [2.45, 2.75) is 31.2 Å². The Kier molecular flexibility index (Phi) is 6.08. The lowest BCUT2D eigenvalue weighted by Gasteiger charge is -2.51. The summed E-state index contributed by atoms with van der Waals surface area (Å²) in [6.07, 6.45) is 3.58. The molecule has 0 radical (unpaired) electrons. The number of amides is 1.